The van der Waals surface area contributed by atoms with Crippen LogP contribution in [0.3, 0.4) is 0 Å². The smallest absolute Gasteiger partial charge is 0.234 e. The number of nitrogens with zero attached hydrogens (tertiary/aromatic N) is 1. The van der Waals surface area contributed by atoms with Gasteiger partial charge in [-0.25, -0.2) is 0 Å². The Morgan fingerprint density at radius 1 is 1.50 bits per heavy atom. The van der Waals surface area contributed by atoms with Crippen molar-refractivity contribution >= 4 is 5.91 Å². The van der Waals surface area contributed by atoms with Crippen LogP contribution in [0.25, 0.3) is 0 Å². The lowest BCUT2D eigenvalue weighted by atomic mass is 10.3. The molecule has 1 amide bonds. The third-order valence-electron chi connectivity index (χ3n) is 3.14. The molecule has 1 aliphatic heterocycles. The molecule has 5 heteroatoms. The van der Waals surface area contributed by atoms with Crippen molar-refractivity contribution in [2.45, 2.75) is 38.8 Å². The molecule has 106 valence electrons. The van der Waals surface area contributed by atoms with E-state index in [2.05, 4.69) is 15.5 Å². The second kappa shape index (κ2) is 8.45. The third kappa shape index (κ3) is 6.33. The first-order valence-corrected chi connectivity index (χ1v) is 6.89. The van der Waals surface area contributed by atoms with E-state index in [1.165, 1.54) is 0 Å². The second-order valence-corrected chi connectivity index (χ2v) is 5.13. The van der Waals surface area contributed by atoms with Gasteiger partial charge in [0.2, 0.25) is 5.91 Å². The zero-order chi connectivity index (χ0) is 13.4. The average molecular weight is 257 g/mol. The molecule has 0 aromatic rings. The zero-order valence-corrected chi connectivity index (χ0v) is 11.9. The number of hydrogen-bond acceptors (Lipinski definition) is 4. The first kappa shape index (κ1) is 15.4. The molecule has 1 unspecified atom stereocenters. The lowest BCUT2D eigenvalue weighted by Crippen LogP contribution is -2.38. The largest absolute Gasteiger partial charge is 0.379 e. The lowest BCUT2D eigenvalue weighted by molar-refractivity contribution is -0.122. The summed E-state index contributed by atoms with van der Waals surface area (Å²) >= 11 is 0. The van der Waals surface area contributed by atoms with E-state index in [9.17, 15) is 4.79 Å². The van der Waals surface area contributed by atoms with Crippen LogP contribution in [-0.2, 0) is 9.53 Å². The maximum absolute atomic E-state index is 11.7. The molecule has 1 fully saturated rings. The van der Waals surface area contributed by atoms with E-state index in [4.69, 9.17) is 4.74 Å². The van der Waals surface area contributed by atoms with Crippen LogP contribution in [-0.4, -0.2) is 62.8 Å². The number of ether oxygens (including phenoxy) is 1. The second-order valence-electron chi connectivity index (χ2n) is 5.13. The van der Waals surface area contributed by atoms with Gasteiger partial charge >= 0.3 is 0 Å². The van der Waals surface area contributed by atoms with Crippen molar-refractivity contribution in [2.24, 2.45) is 0 Å². The number of likely N-dealkylation sites (tertiary alicyclic amines) is 1. The molecular weight excluding hydrogens is 230 g/mol. The number of carbonyl (C=O) groups excluding carboxylic acids is 1. The van der Waals surface area contributed by atoms with Gasteiger partial charge in [0, 0.05) is 32.3 Å². The molecule has 18 heavy (non-hydrogen) atoms. The maximum atomic E-state index is 11.7. The van der Waals surface area contributed by atoms with Gasteiger partial charge in [-0.05, 0) is 33.7 Å². The average Bonchev–Trinajstić information content (AvgIpc) is 2.76. The van der Waals surface area contributed by atoms with E-state index in [1.54, 1.807) is 0 Å². The molecule has 1 rings (SSSR count). The Morgan fingerprint density at radius 2 is 2.28 bits per heavy atom. The Bertz CT molecular complexity index is 246. The highest BCUT2D eigenvalue weighted by Gasteiger charge is 2.22. The molecule has 0 saturated carbocycles. The summed E-state index contributed by atoms with van der Waals surface area (Å²) < 4.78 is 5.42. The van der Waals surface area contributed by atoms with Crippen LogP contribution in [0.4, 0.5) is 0 Å². The van der Waals surface area contributed by atoms with Crippen LogP contribution in [0.2, 0.25) is 0 Å². The van der Waals surface area contributed by atoms with Crippen molar-refractivity contribution < 1.29 is 9.53 Å². The van der Waals surface area contributed by atoms with Crippen molar-refractivity contribution in [3.63, 3.8) is 0 Å². The molecule has 5 nitrogen and oxygen atoms in total. The van der Waals surface area contributed by atoms with Gasteiger partial charge in [0.1, 0.15) is 0 Å². The van der Waals surface area contributed by atoms with E-state index in [0.717, 1.165) is 25.9 Å². The SMILES string of the molecule is CNC1CCN(CC(=O)NCCCOC(C)C)C1. The number of amides is 1. The fraction of sp³-hybridized carbons (Fsp3) is 0.923. The van der Waals surface area contributed by atoms with Crippen LogP contribution in [0.5, 0.6) is 0 Å². The zero-order valence-electron chi connectivity index (χ0n) is 11.9. The Kier molecular flexibility index (Phi) is 7.23. The molecule has 1 aliphatic rings. The minimum Gasteiger partial charge on any atom is -0.379 e. The monoisotopic (exact) mass is 257 g/mol. The Labute approximate surface area is 110 Å². The van der Waals surface area contributed by atoms with Crippen molar-refractivity contribution in [3.05, 3.63) is 0 Å². The van der Waals surface area contributed by atoms with Crippen molar-refractivity contribution in [1.29, 1.82) is 0 Å². The van der Waals surface area contributed by atoms with Gasteiger partial charge in [0.15, 0.2) is 0 Å². The summed E-state index contributed by atoms with van der Waals surface area (Å²) in [5.41, 5.74) is 0. The van der Waals surface area contributed by atoms with E-state index in [0.29, 0.717) is 25.7 Å². The number of carbonyl (C=O) groups is 1. The topological polar surface area (TPSA) is 53.6 Å². The highest BCUT2D eigenvalue weighted by Crippen LogP contribution is 2.07. The number of likely N-dealkylation sites (N-methyl/N-ethyl adjacent to an activating group) is 1. The van der Waals surface area contributed by atoms with Gasteiger partial charge in [0.05, 0.1) is 12.6 Å². The molecule has 0 aromatic carbocycles. The van der Waals surface area contributed by atoms with Gasteiger partial charge in [-0.1, -0.05) is 0 Å². The van der Waals surface area contributed by atoms with Crippen LogP contribution in [0.1, 0.15) is 26.7 Å². The highest BCUT2D eigenvalue weighted by molar-refractivity contribution is 5.78. The molecule has 2 N–H and O–H groups in total. The highest BCUT2D eigenvalue weighted by atomic mass is 16.5. The Hall–Kier alpha value is -0.650. The normalized spacial score (nSPS) is 20.6. The summed E-state index contributed by atoms with van der Waals surface area (Å²) in [5.74, 6) is 0.122. The van der Waals surface area contributed by atoms with Crippen molar-refractivity contribution in [3.8, 4) is 0 Å². The van der Waals surface area contributed by atoms with Gasteiger partial charge in [-0.3, -0.25) is 9.69 Å². The summed E-state index contributed by atoms with van der Waals surface area (Å²) in [7, 11) is 1.98. The van der Waals surface area contributed by atoms with E-state index < -0.39 is 0 Å². The van der Waals surface area contributed by atoms with E-state index in [1.807, 2.05) is 20.9 Å². The standard InChI is InChI=1S/C13H27N3O2/c1-11(2)18-8-4-6-15-13(17)10-16-7-5-12(9-16)14-3/h11-12,14H,4-10H2,1-3H3,(H,15,17). The lowest BCUT2D eigenvalue weighted by Gasteiger charge is -2.15. The van der Waals surface area contributed by atoms with Crippen molar-refractivity contribution in [2.75, 3.05) is 39.8 Å². The summed E-state index contributed by atoms with van der Waals surface area (Å²) in [6.07, 6.45) is 2.28. The molecule has 0 bridgehead atoms. The predicted molar refractivity (Wildman–Crippen MR) is 72.6 cm³/mol. The van der Waals surface area contributed by atoms with Gasteiger partial charge in [-0.2, -0.15) is 0 Å². The van der Waals surface area contributed by atoms with Gasteiger partial charge in [0.25, 0.3) is 0 Å². The van der Waals surface area contributed by atoms with Crippen molar-refractivity contribution in [1.82, 2.24) is 15.5 Å². The van der Waals surface area contributed by atoms with Crippen LogP contribution in [0, 0.1) is 0 Å². The van der Waals surface area contributed by atoms with Gasteiger partial charge < -0.3 is 15.4 Å². The maximum Gasteiger partial charge on any atom is 0.234 e. The minimum atomic E-state index is 0.122. The predicted octanol–water partition coefficient (Wildman–Crippen LogP) is 0.211. The van der Waals surface area contributed by atoms with E-state index >= 15 is 0 Å². The fourth-order valence-electron chi connectivity index (χ4n) is 2.09. The summed E-state index contributed by atoms with van der Waals surface area (Å²) in [6.45, 7) is 7.95. The molecule has 1 atom stereocenters. The van der Waals surface area contributed by atoms with Gasteiger partial charge in [-0.15, -0.1) is 0 Å². The fourth-order valence-corrected chi connectivity index (χ4v) is 2.09. The molecule has 1 heterocycles. The first-order valence-electron chi connectivity index (χ1n) is 6.89. The van der Waals surface area contributed by atoms with Crippen LogP contribution >= 0.6 is 0 Å². The number of rotatable bonds is 8. The van der Waals surface area contributed by atoms with Crippen LogP contribution < -0.4 is 10.6 Å². The molecule has 0 aromatic heterocycles. The molecule has 0 spiro atoms. The Balaban J connectivity index is 2.00. The third-order valence-corrected chi connectivity index (χ3v) is 3.14. The molecular formula is C13H27N3O2. The number of nitrogens with one attached hydrogen (secondary N) is 2. The van der Waals surface area contributed by atoms with Crippen LogP contribution in [0.15, 0.2) is 0 Å². The molecule has 1 saturated heterocycles. The summed E-state index contributed by atoms with van der Waals surface area (Å²) in [5, 5.41) is 6.18. The minimum absolute atomic E-state index is 0.122. The first-order chi connectivity index (χ1) is 8.61. The summed E-state index contributed by atoms with van der Waals surface area (Å²) in [4.78, 5) is 13.9. The van der Waals surface area contributed by atoms with E-state index in [-0.39, 0.29) is 12.0 Å². The quantitative estimate of drug-likeness (QED) is 0.611. The molecule has 0 radical (unpaired) electrons. The molecule has 0 aliphatic carbocycles. The summed E-state index contributed by atoms with van der Waals surface area (Å²) in [6, 6.07) is 0.539. The number of hydrogen-bond donors (Lipinski definition) is 2. The Morgan fingerprint density at radius 3 is 2.89 bits per heavy atom.